The van der Waals surface area contributed by atoms with Gasteiger partial charge in [-0.15, -0.1) is 6.58 Å². The molecule has 0 spiro atoms. The maximum Gasteiger partial charge on any atom is 0.417 e. The summed E-state index contributed by atoms with van der Waals surface area (Å²) in [6, 6.07) is 8.36. The minimum atomic E-state index is -4.66. The lowest BCUT2D eigenvalue weighted by atomic mass is 10.1. The summed E-state index contributed by atoms with van der Waals surface area (Å²) in [5.74, 6) is 0.233. The molecular formula is C23H18ClF3N8O2. The van der Waals surface area contributed by atoms with Gasteiger partial charge in [-0.25, -0.2) is 19.6 Å². The van der Waals surface area contributed by atoms with Gasteiger partial charge in [0.1, 0.15) is 23.1 Å². The lowest BCUT2D eigenvalue weighted by molar-refractivity contribution is -0.137. The Bertz CT molecular complexity index is 1470. The van der Waals surface area contributed by atoms with Gasteiger partial charge in [-0.1, -0.05) is 29.8 Å². The number of halogens is 4. The monoisotopic (exact) mass is 530 g/mol. The van der Waals surface area contributed by atoms with Crippen molar-refractivity contribution < 1.29 is 22.8 Å². The number of urea groups is 2. The normalized spacial score (nSPS) is 11.1. The molecule has 0 aliphatic rings. The molecule has 0 unspecified atom stereocenters. The third-order valence-corrected chi connectivity index (χ3v) is 5.27. The zero-order valence-electron chi connectivity index (χ0n) is 18.8. The lowest BCUT2D eigenvalue weighted by Gasteiger charge is -2.12. The van der Waals surface area contributed by atoms with E-state index in [2.05, 4.69) is 48.0 Å². The van der Waals surface area contributed by atoms with Gasteiger partial charge in [-0.2, -0.15) is 18.3 Å². The van der Waals surface area contributed by atoms with Crippen LogP contribution in [-0.4, -0.2) is 38.8 Å². The zero-order valence-corrected chi connectivity index (χ0v) is 19.5. The molecule has 2 heterocycles. The average molecular weight is 531 g/mol. The minimum absolute atomic E-state index is 0.0730. The summed E-state index contributed by atoms with van der Waals surface area (Å²) in [7, 11) is 0. The number of aromatic nitrogens is 4. The standard InChI is InChI=1S/C23H18ClF3N8O2/c1-2-9-28-21(36)33-20-19-18(29-11-30-20)17(34-35-19)12-3-5-13(6-4-12)31-22(37)32-14-7-8-16(24)15(10-14)23(25,26)27/h2-8,10-11H,1,9H2,(H,34,35)(H2,31,32,37)(H2,28,29,30,33,36). The van der Waals surface area contributed by atoms with Gasteiger partial charge in [0.15, 0.2) is 5.82 Å². The Labute approximate surface area is 212 Å². The summed E-state index contributed by atoms with van der Waals surface area (Å²) in [6.07, 6.45) is -1.84. The number of carbonyl (C=O) groups excluding carboxylic acids is 2. The number of benzene rings is 2. The van der Waals surface area contributed by atoms with E-state index in [4.69, 9.17) is 11.6 Å². The number of anilines is 3. The first-order valence-electron chi connectivity index (χ1n) is 10.6. The van der Waals surface area contributed by atoms with Crippen LogP contribution >= 0.6 is 11.6 Å². The van der Waals surface area contributed by atoms with Crippen molar-refractivity contribution in [3.05, 3.63) is 72.0 Å². The molecule has 0 atom stereocenters. The van der Waals surface area contributed by atoms with Gasteiger partial charge in [0.05, 0.1) is 10.6 Å². The molecule has 4 amide bonds. The molecule has 190 valence electrons. The van der Waals surface area contributed by atoms with Crippen LogP contribution in [0.2, 0.25) is 5.02 Å². The molecule has 4 aromatic rings. The van der Waals surface area contributed by atoms with Crippen LogP contribution in [0.3, 0.4) is 0 Å². The Balaban J connectivity index is 1.46. The summed E-state index contributed by atoms with van der Waals surface area (Å²) in [5, 5.41) is 16.7. The number of hydrogen-bond donors (Lipinski definition) is 5. The molecular weight excluding hydrogens is 513 g/mol. The van der Waals surface area contributed by atoms with Gasteiger partial charge in [-0.3, -0.25) is 10.4 Å². The number of hydrogen-bond acceptors (Lipinski definition) is 5. The summed E-state index contributed by atoms with van der Waals surface area (Å²) in [6.45, 7) is 3.81. The molecule has 0 aliphatic heterocycles. The SMILES string of the molecule is C=CCNC(=O)Nc1ncnc2c(-c3ccc(NC(=O)Nc4ccc(Cl)c(C(F)(F)F)c4)cc3)n[nH]c12. The van der Waals surface area contributed by atoms with Crippen molar-refractivity contribution in [1.82, 2.24) is 25.5 Å². The van der Waals surface area contributed by atoms with Crippen molar-refractivity contribution in [1.29, 1.82) is 0 Å². The Morgan fingerprint density at radius 1 is 1.00 bits per heavy atom. The number of nitrogens with zero attached hydrogens (tertiary/aromatic N) is 3. The molecule has 2 aromatic heterocycles. The fourth-order valence-electron chi connectivity index (χ4n) is 3.27. The molecule has 37 heavy (non-hydrogen) atoms. The third-order valence-electron chi connectivity index (χ3n) is 4.94. The predicted octanol–water partition coefficient (Wildman–Crippen LogP) is 5.64. The van der Waals surface area contributed by atoms with Gasteiger partial charge in [-0.05, 0) is 30.3 Å². The van der Waals surface area contributed by atoms with E-state index >= 15 is 0 Å². The summed E-state index contributed by atoms with van der Waals surface area (Å²) < 4.78 is 39.1. The Hall–Kier alpha value is -4.65. The summed E-state index contributed by atoms with van der Waals surface area (Å²) >= 11 is 5.60. The highest BCUT2D eigenvalue weighted by molar-refractivity contribution is 6.31. The third kappa shape index (κ3) is 5.95. The molecule has 14 heteroatoms. The van der Waals surface area contributed by atoms with E-state index in [0.29, 0.717) is 28.0 Å². The van der Waals surface area contributed by atoms with Crippen LogP contribution in [0.4, 0.5) is 40.0 Å². The fourth-order valence-corrected chi connectivity index (χ4v) is 3.50. The number of fused-ring (bicyclic) bond motifs is 1. The van der Waals surface area contributed by atoms with Crippen molar-refractivity contribution in [2.45, 2.75) is 6.18 Å². The second kappa shape index (κ2) is 10.5. The van der Waals surface area contributed by atoms with Gasteiger partial charge in [0, 0.05) is 23.5 Å². The largest absolute Gasteiger partial charge is 0.417 e. The molecule has 2 aromatic carbocycles. The first-order valence-corrected chi connectivity index (χ1v) is 10.9. The van der Waals surface area contributed by atoms with Crippen LogP contribution in [0.5, 0.6) is 0 Å². The van der Waals surface area contributed by atoms with Crippen molar-refractivity contribution in [3.8, 4) is 11.3 Å². The van der Waals surface area contributed by atoms with Crippen LogP contribution in [0.15, 0.2) is 61.4 Å². The van der Waals surface area contributed by atoms with E-state index in [0.717, 1.165) is 12.1 Å². The zero-order chi connectivity index (χ0) is 26.6. The van der Waals surface area contributed by atoms with Crippen molar-refractivity contribution in [2.24, 2.45) is 0 Å². The van der Waals surface area contributed by atoms with Crippen molar-refractivity contribution >= 4 is 51.9 Å². The number of amides is 4. The Kier molecular flexibility index (Phi) is 7.25. The maximum atomic E-state index is 13.0. The second-order valence-corrected chi connectivity index (χ2v) is 7.90. The highest BCUT2D eigenvalue weighted by Crippen LogP contribution is 2.36. The van der Waals surface area contributed by atoms with Crippen LogP contribution in [-0.2, 0) is 6.18 Å². The molecule has 0 bridgehead atoms. The predicted molar refractivity (Wildman–Crippen MR) is 133 cm³/mol. The van der Waals surface area contributed by atoms with E-state index in [1.54, 1.807) is 24.3 Å². The number of aromatic amines is 1. The molecule has 0 saturated heterocycles. The maximum absolute atomic E-state index is 13.0. The average Bonchev–Trinajstić information content (AvgIpc) is 3.29. The topological polar surface area (TPSA) is 137 Å². The first kappa shape index (κ1) is 25.4. The molecule has 10 nitrogen and oxygen atoms in total. The number of nitrogens with one attached hydrogen (secondary N) is 5. The number of carbonyl (C=O) groups is 2. The van der Waals surface area contributed by atoms with Gasteiger partial charge in [0.2, 0.25) is 0 Å². The Morgan fingerprint density at radius 3 is 2.41 bits per heavy atom. The van der Waals surface area contributed by atoms with Crippen LogP contribution in [0, 0.1) is 0 Å². The van der Waals surface area contributed by atoms with Crippen LogP contribution in [0.1, 0.15) is 5.56 Å². The molecule has 5 N–H and O–H groups in total. The van der Waals surface area contributed by atoms with Gasteiger partial charge in [0.25, 0.3) is 0 Å². The molecule has 4 rings (SSSR count). The van der Waals surface area contributed by atoms with E-state index in [9.17, 15) is 22.8 Å². The quantitative estimate of drug-likeness (QED) is 0.205. The highest BCUT2D eigenvalue weighted by atomic mass is 35.5. The van der Waals surface area contributed by atoms with E-state index in [1.807, 2.05) is 0 Å². The number of alkyl halides is 3. The van der Waals surface area contributed by atoms with Gasteiger partial charge < -0.3 is 16.0 Å². The summed E-state index contributed by atoms with van der Waals surface area (Å²) in [5.41, 5.74) is 1.24. The second-order valence-electron chi connectivity index (χ2n) is 7.49. The van der Waals surface area contributed by atoms with E-state index in [-0.39, 0.29) is 18.1 Å². The molecule has 0 aliphatic carbocycles. The van der Waals surface area contributed by atoms with E-state index < -0.39 is 28.8 Å². The minimum Gasteiger partial charge on any atom is -0.334 e. The smallest absolute Gasteiger partial charge is 0.334 e. The van der Waals surface area contributed by atoms with Crippen molar-refractivity contribution in [3.63, 3.8) is 0 Å². The fraction of sp³-hybridized carbons (Fsp3) is 0.0870. The molecule has 0 radical (unpaired) electrons. The van der Waals surface area contributed by atoms with Crippen LogP contribution in [0.25, 0.3) is 22.3 Å². The van der Waals surface area contributed by atoms with E-state index in [1.165, 1.54) is 18.5 Å². The summed E-state index contributed by atoms with van der Waals surface area (Å²) in [4.78, 5) is 32.5. The number of H-pyrrole nitrogens is 1. The Morgan fingerprint density at radius 2 is 1.70 bits per heavy atom. The lowest BCUT2D eigenvalue weighted by Crippen LogP contribution is -2.29. The molecule has 0 fully saturated rings. The van der Waals surface area contributed by atoms with Crippen LogP contribution < -0.4 is 21.3 Å². The molecule has 0 saturated carbocycles. The van der Waals surface area contributed by atoms with Crippen molar-refractivity contribution in [2.75, 3.05) is 22.5 Å². The number of rotatable bonds is 6. The highest BCUT2D eigenvalue weighted by Gasteiger charge is 2.33. The van der Waals surface area contributed by atoms with Gasteiger partial charge >= 0.3 is 18.2 Å². The first-order chi connectivity index (χ1) is 17.7.